The van der Waals surface area contributed by atoms with Crippen molar-refractivity contribution in [3.05, 3.63) is 24.0 Å². The van der Waals surface area contributed by atoms with Crippen LogP contribution in [0.3, 0.4) is 0 Å². The average Bonchev–Trinajstić information content (AvgIpc) is 2.27. The first-order valence-electron chi connectivity index (χ1n) is 5.46. The lowest BCUT2D eigenvalue weighted by Gasteiger charge is -2.26. The maximum atomic E-state index is 13.0. The normalized spacial score (nSPS) is 21.6. The van der Waals surface area contributed by atoms with E-state index in [1.807, 2.05) is 7.05 Å². The highest BCUT2D eigenvalue weighted by atomic mass is 32.2. The Kier molecular flexibility index (Phi) is 3.35. The molecule has 17 heavy (non-hydrogen) atoms. The maximum absolute atomic E-state index is 13.0. The maximum Gasteiger partial charge on any atom is 0.182 e. The van der Waals surface area contributed by atoms with Gasteiger partial charge in [-0.05, 0) is 38.2 Å². The van der Waals surface area contributed by atoms with Gasteiger partial charge in [-0.3, -0.25) is 0 Å². The summed E-state index contributed by atoms with van der Waals surface area (Å²) in [6, 6.07) is 3.70. The third-order valence-corrected chi connectivity index (χ3v) is 4.65. The van der Waals surface area contributed by atoms with Gasteiger partial charge in [-0.15, -0.1) is 0 Å². The first-order valence-corrected chi connectivity index (χ1v) is 7.11. The second-order valence-corrected chi connectivity index (χ2v) is 6.16. The van der Waals surface area contributed by atoms with Crippen molar-refractivity contribution in [2.75, 3.05) is 24.7 Å². The molecular formula is C11H15FN2O2S. The van der Waals surface area contributed by atoms with Crippen LogP contribution in [-0.4, -0.2) is 33.8 Å². The highest BCUT2D eigenvalue weighted by Gasteiger charge is 2.29. The number of rotatable bonds is 3. The third-order valence-electron chi connectivity index (χ3n) is 2.80. The summed E-state index contributed by atoms with van der Waals surface area (Å²) in [5.74, 6) is -0.506. The molecule has 6 heteroatoms. The van der Waals surface area contributed by atoms with E-state index in [4.69, 9.17) is 0 Å². The highest BCUT2D eigenvalue weighted by molar-refractivity contribution is 7.91. The fourth-order valence-electron chi connectivity index (χ4n) is 1.96. The Morgan fingerprint density at radius 3 is 3.00 bits per heavy atom. The van der Waals surface area contributed by atoms with Gasteiger partial charge >= 0.3 is 0 Å². The van der Waals surface area contributed by atoms with E-state index in [-0.39, 0.29) is 16.7 Å². The predicted molar refractivity (Wildman–Crippen MR) is 64.4 cm³/mol. The number of sulfone groups is 1. The minimum atomic E-state index is -3.37. The number of benzene rings is 1. The van der Waals surface area contributed by atoms with E-state index in [1.54, 1.807) is 0 Å². The van der Waals surface area contributed by atoms with E-state index in [0.717, 1.165) is 12.6 Å². The Labute approximate surface area is 100 Å². The predicted octanol–water partition coefficient (Wildman–Crippen LogP) is 1.00. The second-order valence-electron chi connectivity index (χ2n) is 4.16. The van der Waals surface area contributed by atoms with Gasteiger partial charge in [0.15, 0.2) is 9.84 Å². The van der Waals surface area contributed by atoms with E-state index in [0.29, 0.717) is 12.1 Å². The van der Waals surface area contributed by atoms with Crippen molar-refractivity contribution < 1.29 is 12.8 Å². The topological polar surface area (TPSA) is 58.2 Å². The second kappa shape index (κ2) is 4.62. The Balaban J connectivity index is 2.31. The van der Waals surface area contributed by atoms with Gasteiger partial charge in [0.2, 0.25) is 0 Å². The van der Waals surface area contributed by atoms with Gasteiger partial charge in [0.25, 0.3) is 0 Å². The van der Waals surface area contributed by atoms with Crippen molar-refractivity contribution in [1.82, 2.24) is 5.32 Å². The molecule has 0 amide bonds. The summed E-state index contributed by atoms with van der Waals surface area (Å²) in [6.07, 6.45) is 0.715. The van der Waals surface area contributed by atoms with E-state index in [2.05, 4.69) is 10.6 Å². The van der Waals surface area contributed by atoms with E-state index < -0.39 is 15.7 Å². The molecule has 0 saturated heterocycles. The highest BCUT2D eigenvalue weighted by Crippen LogP contribution is 2.29. The molecule has 1 aromatic carbocycles. The minimum Gasteiger partial charge on any atom is -0.380 e. The summed E-state index contributed by atoms with van der Waals surface area (Å²) in [5, 5.41) is 6.11. The van der Waals surface area contributed by atoms with Crippen LogP contribution < -0.4 is 10.6 Å². The smallest absolute Gasteiger partial charge is 0.182 e. The lowest BCUT2D eigenvalue weighted by molar-refractivity contribution is 0.571. The number of nitrogens with one attached hydrogen (secondary N) is 2. The fourth-order valence-corrected chi connectivity index (χ4v) is 3.68. The number of anilines is 1. The number of fused-ring (bicyclic) bond motifs is 1. The molecule has 0 saturated carbocycles. The zero-order valence-electron chi connectivity index (χ0n) is 9.53. The summed E-state index contributed by atoms with van der Waals surface area (Å²) in [7, 11) is -1.55. The van der Waals surface area contributed by atoms with Crippen molar-refractivity contribution in [2.45, 2.75) is 17.4 Å². The molecule has 0 radical (unpaired) electrons. The van der Waals surface area contributed by atoms with Crippen molar-refractivity contribution in [2.24, 2.45) is 0 Å². The SMILES string of the molecule is CNCCC1CS(=O)(=O)c2cc(F)ccc2N1. The van der Waals surface area contributed by atoms with Crippen molar-refractivity contribution >= 4 is 15.5 Å². The molecule has 1 aliphatic heterocycles. The van der Waals surface area contributed by atoms with Crippen molar-refractivity contribution in [3.8, 4) is 0 Å². The summed E-state index contributed by atoms with van der Waals surface area (Å²) in [6.45, 7) is 0.740. The molecule has 0 aromatic heterocycles. The quantitative estimate of drug-likeness (QED) is 0.849. The zero-order valence-corrected chi connectivity index (χ0v) is 10.3. The van der Waals surface area contributed by atoms with Gasteiger partial charge in [-0.1, -0.05) is 0 Å². The number of halogens is 1. The van der Waals surface area contributed by atoms with Crippen LogP contribution in [0.5, 0.6) is 0 Å². The first-order chi connectivity index (χ1) is 8.03. The van der Waals surface area contributed by atoms with Gasteiger partial charge < -0.3 is 10.6 Å². The Hall–Kier alpha value is -1.14. The largest absolute Gasteiger partial charge is 0.380 e. The van der Waals surface area contributed by atoms with Gasteiger partial charge in [-0.2, -0.15) is 0 Å². The molecule has 2 N–H and O–H groups in total. The fraction of sp³-hybridized carbons (Fsp3) is 0.455. The average molecular weight is 258 g/mol. The lowest BCUT2D eigenvalue weighted by atomic mass is 10.2. The van der Waals surface area contributed by atoms with Crippen LogP contribution in [0.15, 0.2) is 23.1 Å². The molecule has 0 spiro atoms. The van der Waals surface area contributed by atoms with E-state index in [1.165, 1.54) is 12.1 Å². The minimum absolute atomic E-state index is 0.0190. The summed E-state index contributed by atoms with van der Waals surface area (Å²) in [5.41, 5.74) is 0.499. The Morgan fingerprint density at radius 1 is 1.53 bits per heavy atom. The standard InChI is InChI=1S/C11H15FN2O2S/c1-13-5-4-9-7-17(15,16)11-6-8(12)2-3-10(11)14-9/h2-3,6,9,13-14H,4-5,7H2,1H3. The van der Waals surface area contributed by atoms with Crippen molar-refractivity contribution in [3.63, 3.8) is 0 Å². The van der Waals surface area contributed by atoms with Crippen LogP contribution >= 0.6 is 0 Å². The van der Waals surface area contributed by atoms with Gasteiger partial charge in [0.1, 0.15) is 5.82 Å². The summed E-state index contributed by atoms with van der Waals surface area (Å²) < 4.78 is 37.0. The lowest BCUT2D eigenvalue weighted by Crippen LogP contribution is -2.36. The molecule has 0 aliphatic carbocycles. The van der Waals surface area contributed by atoms with Gasteiger partial charge in [-0.25, -0.2) is 12.8 Å². The Bertz CT molecular complexity index is 516. The zero-order chi connectivity index (χ0) is 12.5. The molecular weight excluding hydrogens is 243 g/mol. The summed E-state index contributed by atoms with van der Waals surface area (Å²) >= 11 is 0. The Morgan fingerprint density at radius 2 is 2.29 bits per heavy atom. The monoisotopic (exact) mass is 258 g/mol. The van der Waals surface area contributed by atoms with Gasteiger partial charge in [0.05, 0.1) is 16.3 Å². The van der Waals surface area contributed by atoms with Crippen molar-refractivity contribution in [1.29, 1.82) is 0 Å². The molecule has 1 unspecified atom stereocenters. The molecule has 1 aromatic rings. The molecule has 94 valence electrons. The molecule has 0 fully saturated rings. The molecule has 4 nitrogen and oxygen atoms in total. The molecule has 1 heterocycles. The van der Waals surface area contributed by atoms with Crippen LogP contribution in [-0.2, 0) is 9.84 Å². The molecule has 1 atom stereocenters. The first kappa shape index (κ1) is 12.3. The van der Waals surface area contributed by atoms with Gasteiger partial charge in [0, 0.05) is 6.04 Å². The number of hydrogen-bond acceptors (Lipinski definition) is 4. The van der Waals surface area contributed by atoms with E-state index >= 15 is 0 Å². The van der Waals surface area contributed by atoms with Crippen LogP contribution in [0, 0.1) is 5.82 Å². The summed E-state index contributed by atoms with van der Waals surface area (Å²) in [4.78, 5) is 0.0678. The third kappa shape index (κ3) is 2.58. The van der Waals surface area contributed by atoms with Crippen LogP contribution in [0.25, 0.3) is 0 Å². The van der Waals surface area contributed by atoms with Crippen LogP contribution in [0.1, 0.15) is 6.42 Å². The molecule has 0 bridgehead atoms. The molecule has 1 aliphatic rings. The number of hydrogen-bond donors (Lipinski definition) is 2. The van der Waals surface area contributed by atoms with E-state index in [9.17, 15) is 12.8 Å². The molecule has 2 rings (SSSR count). The van der Waals surface area contributed by atoms with Crippen LogP contribution in [0.4, 0.5) is 10.1 Å². The van der Waals surface area contributed by atoms with Crippen LogP contribution in [0.2, 0.25) is 0 Å².